The van der Waals surface area contributed by atoms with E-state index < -0.39 is 5.97 Å². The molecule has 0 spiro atoms. The van der Waals surface area contributed by atoms with Crippen LogP contribution in [0.5, 0.6) is 0 Å². The van der Waals surface area contributed by atoms with Crippen LogP contribution in [0.25, 0.3) is 17.0 Å². The van der Waals surface area contributed by atoms with E-state index in [-0.39, 0.29) is 11.5 Å². The van der Waals surface area contributed by atoms with Gasteiger partial charge in [-0.2, -0.15) is 0 Å². The molecule has 24 heavy (non-hydrogen) atoms. The first-order valence-electron chi connectivity index (χ1n) is 7.29. The number of carbonyl (C=O) groups excluding carboxylic acids is 1. The summed E-state index contributed by atoms with van der Waals surface area (Å²) in [6, 6.07) is 15.8. The fraction of sp³-hybridized carbons (Fsp3) is 0. The summed E-state index contributed by atoms with van der Waals surface area (Å²) in [7, 11) is 0. The van der Waals surface area contributed by atoms with Gasteiger partial charge in [-0.25, -0.2) is 4.79 Å². The third kappa shape index (κ3) is 3.64. The van der Waals surface area contributed by atoms with Crippen LogP contribution in [0.3, 0.4) is 0 Å². The van der Waals surface area contributed by atoms with Gasteiger partial charge in [0.2, 0.25) is 5.91 Å². The van der Waals surface area contributed by atoms with Gasteiger partial charge in [0.05, 0.1) is 23.0 Å². The third-order valence-electron chi connectivity index (χ3n) is 3.44. The Hall–Kier alpha value is -3.47. The summed E-state index contributed by atoms with van der Waals surface area (Å²) in [4.78, 5) is 27.0. The fourth-order valence-electron chi connectivity index (χ4n) is 2.23. The largest absolute Gasteiger partial charge is 0.478 e. The second-order valence-electron chi connectivity index (χ2n) is 5.17. The number of carboxylic acid groups (broad SMARTS) is 1. The first-order chi connectivity index (χ1) is 11.6. The highest BCUT2D eigenvalue weighted by Gasteiger charge is 2.02. The minimum Gasteiger partial charge on any atom is -0.478 e. The van der Waals surface area contributed by atoms with Crippen molar-refractivity contribution >= 4 is 34.5 Å². The molecule has 1 aromatic heterocycles. The SMILES string of the molecule is O=C(C=Cc1ccc(C(=O)O)cc1)Nc1cnc2ccccc2c1. The Bertz CT molecular complexity index is 931. The molecule has 2 N–H and O–H groups in total. The lowest BCUT2D eigenvalue weighted by Crippen LogP contribution is -2.07. The fourth-order valence-corrected chi connectivity index (χ4v) is 2.23. The van der Waals surface area contributed by atoms with Gasteiger partial charge in [-0.1, -0.05) is 30.3 Å². The van der Waals surface area contributed by atoms with Crippen LogP contribution < -0.4 is 5.32 Å². The van der Waals surface area contributed by atoms with Crippen LogP contribution in [0.15, 0.2) is 66.9 Å². The van der Waals surface area contributed by atoms with Crippen molar-refractivity contribution in [3.8, 4) is 0 Å². The number of amides is 1. The van der Waals surface area contributed by atoms with Crippen molar-refractivity contribution in [2.45, 2.75) is 0 Å². The number of benzene rings is 2. The van der Waals surface area contributed by atoms with E-state index >= 15 is 0 Å². The number of hydrogen-bond acceptors (Lipinski definition) is 3. The first-order valence-corrected chi connectivity index (χ1v) is 7.29. The minimum absolute atomic E-state index is 0.207. The molecule has 0 bridgehead atoms. The smallest absolute Gasteiger partial charge is 0.335 e. The summed E-state index contributed by atoms with van der Waals surface area (Å²) in [6.07, 6.45) is 4.62. The molecule has 3 aromatic rings. The molecule has 2 aromatic carbocycles. The molecule has 0 saturated heterocycles. The molecule has 0 fully saturated rings. The summed E-state index contributed by atoms with van der Waals surface area (Å²) in [6.45, 7) is 0. The Kier molecular flexibility index (Phi) is 4.34. The molecular formula is C19H14N2O3. The quantitative estimate of drug-likeness (QED) is 0.721. The van der Waals surface area contributed by atoms with E-state index in [2.05, 4.69) is 10.3 Å². The lowest BCUT2D eigenvalue weighted by molar-refractivity contribution is -0.111. The number of carbonyl (C=O) groups is 2. The van der Waals surface area contributed by atoms with Crippen molar-refractivity contribution in [2.24, 2.45) is 0 Å². The molecule has 3 rings (SSSR count). The third-order valence-corrected chi connectivity index (χ3v) is 3.44. The van der Waals surface area contributed by atoms with Crippen LogP contribution in [-0.4, -0.2) is 22.0 Å². The molecule has 118 valence electrons. The van der Waals surface area contributed by atoms with Crippen molar-refractivity contribution < 1.29 is 14.7 Å². The van der Waals surface area contributed by atoms with Crippen molar-refractivity contribution in [1.82, 2.24) is 4.98 Å². The van der Waals surface area contributed by atoms with Crippen LogP contribution in [0.2, 0.25) is 0 Å². The molecule has 5 heteroatoms. The Morgan fingerprint density at radius 2 is 1.79 bits per heavy atom. The van der Waals surface area contributed by atoms with Crippen molar-refractivity contribution in [1.29, 1.82) is 0 Å². The maximum absolute atomic E-state index is 12.0. The highest BCUT2D eigenvalue weighted by Crippen LogP contribution is 2.16. The molecule has 0 unspecified atom stereocenters. The predicted molar refractivity (Wildman–Crippen MR) is 92.8 cm³/mol. The predicted octanol–water partition coefficient (Wildman–Crippen LogP) is 3.58. The monoisotopic (exact) mass is 318 g/mol. The Labute approximate surface area is 138 Å². The van der Waals surface area contributed by atoms with E-state index in [9.17, 15) is 9.59 Å². The number of aromatic carboxylic acids is 1. The number of nitrogens with zero attached hydrogens (tertiary/aromatic N) is 1. The van der Waals surface area contributed by atoms with Gasteiger partial charge in [0.15, 0.2) is 0 Å². The zero-order valence-corrected chi connectivity index (χ0v) is 12.6. The lowest BCUT2D eigenvalue weighted by Gasteiger charge is -2.03. The summed E-state index contributed by atoms with van der Waals surface area (Å²) in [5.74, 6) is -1.26. The average molecular weight is 318 g/mol. The van der Waals surface area contributed by atoms with Gasteiger partial charge in [-0.05, 0) is 35.9 Å². The number of fused-ring (bicyclic) bond motifs is 1. The number of rotatable bonds is 4. The maximum Gasteiger partial charge on any atom is 0.335 e. The molecular weight excluding hydrogens is 304 g/mol. The number of para-hydroxylation sites is 1. The van der Waals surface area contributed by atoms with Crippen molar-refractivity contribution in [2.75, 3.05) is 5.32 Å². The molecule has 1 amide bonds. The zero-order valence-electron chi connectivity index (χ0n) is 12.6. The van der Waals surface area contributed by atoms with E-state index in [0.29, 0.717) is 5.69 Å². The van der Waals surface area contributed by atoms with Crippen LogP contribution in [0.4, 0.5) is 5.69 Å². The number of carboxylic acids is 1. The topological polar surface area (TPSA) is 79.3 Å². The normalized spacial score (nSPS) is 10.8. The summed E-state index contributed by atoms with van der Waals surface area (Å²) >= 11 is 0. The van der Waals surface area contributed by atoms with Crippen molar-refractivity contribution in [3.63, 3.8) is 0 Å². The van der Waals surface area contributed by atoms with Gasteiger partial charge in [0, 0.05) is 11.5 Å². The molecule has 0 aliphatic rings. The van der Waals surface area contributed by atoms with Gasteiger partial charge in [-0.3, -0.25) is 9.78 Å². The Balaban J connectivity index is 1.68. The Morgan fingerprint density at radius 1 is 1.04 bits per heavy atom. The number of anilines is 1. The maximum atomic E-state index is 12.0. The second-order valence-corrected chi connectivity index (χ2v) is 5.17. The summed E-state index contributed by atoms with van der Waals surface area (Å²) in [5, 5.41) is 12.5. The van der Waals surface area contributed by atoms with Crippen molar-refractivity contribution in [3.05, 3.63) is 78.0 Å². The van der Waals surface area contributed by atoms with Gasteiger partial charge < -0.3 is 10.4 Å². The molecule has 0 saturated carbocycles. The van der Waals surface area contributed by atoms with Gasteiger partial charge in [0.25, 0.3) is 0 Å². The first kappa shape index (κ1) is 15.4. The van der Waals surface area contributed by atoms with Gasteiger partial charge in [-0.15, -0.1) is 0 Å². The number of hydrogen-bond donors (Lipinski definition) is 2. The van der Waals surface area contributed by atoms with Gasteiger partial charge >= 0.3 is 5.97 Å². The van der Waals surface area contributed by atoms with E-state index in [1.807, 2.05) is 30.3 Å². The average Bonchev–Trinajstić information content (AvgIpc) is 2.60. The molecule has 0 atom stereocenters. The lowest BCUT2D eigenvalue weighted by atomic mass is 10.1. The number of aromatic nitrogens is 1. The van der Waals surface area contributed by atoms with Crippen LogP contribution >= 0.6 is 0 Å². The molecule has 1 heterocycles. The highest BCUT2D eigenvalue weighted by atomic mass is 16.4. The van der Waals surface area contributed by atoms with E-state index in [1.54, 1.807) is 24.4 Å². The molecule has 0 aliphatic heterocycles. The van der Waals surface area contributed by atoms with E-state index in [4.69, 9.17) is 5.11 Å². The second kappa shape index (κ2) is 6.75. The number of pyridine rings is 1. The van der Waals surface area contributed by atoms with Crippen LogP contribution in [0, 0.1) is 0 Å². The van der Waals surface area contributed by atoms with E-state index in [1.165, 1.54) is 18.2 Å². The highest BCUT2D eigenvalue weighted by molar-refractivity contribution is 6.02. The molecule has 0 aliphatic carbocycles. The molecule has 5 nitrogen and oxygen atoms in total. The summed E-state index contributed by atoms with van der Waals surface area (Å²) < 4.78 is 0. The van der Waals surface area contributed by atoms with Crippen LogP contribution in [0.1, 0.15) is 15.9 Å². The minimum atomic E-state index is -0.980. The molecule has 0 radical (unpaired) electrons. The summed E-state index contributed by atoms with van der Waals surface area (Å²) in [5.41, 5.74) is 2.43. The van der Waals surface area contributed by atoms with Gasteiger partial charge in [0.1, 0.15) is 0 Å². The van der Waals surface area contributed by atoms with Crippen LogP contribution in [-0.2, 0) is 4.79 Å². The number of nitrogens with one attached hydrogen (secondary N) is 1. The standard InChI is InChI=1S/C19H14N2O3/c22-18(10-7-13-5-8-14(9-6-13)19(23)24)21-16-11-15-3-1-2-4-17(15)20-12-16/h1-12H,(H,21,22)(H,23,24). The van der Waals surface area contributed by atoms with E-state index in [0.717, 1.165) is 16.5 Å². The Morgan fingerprint density at radius 3 is 2.54 bits per heavy atom. The zero-order chi connectivity index (χ0) is 16.9.